The molecule has 2 aliphatic heterocycles. The minimum atomic E-state index is 0.586. The molecule has 2 N–H and O–H groups in total. The summed E-state index contributed by atoms with van der Waals surface area (Å²) in [6.45, 7) is 10.9. The molecule has 24 heavy (non-hydrogen) atoms. The van der Waals surface area contributed by atoms with Crippen LogP contribution in [-0.4, -0.2) is 61.3 Å². The van der Waals surface area contributed by atoms with E-state index >= 15 is 0 Å². The molecule has 0 unspecified atom stereocenters. The van der Waals surface area contributed by atoms with Crippen LogP contribution in [0.3, 0.4) is 0 Å². The standard InChI is InChI=1S/2C8H13N3S/c2*1-7-6-11(4-2-9-7)8-10-3-5-12-8/h2*3,5,7,9H,2,4,6H2,1H3/t2*7-/m11/s1. The fourth-order valence-corrected chi connectivity index (χ4v) is 4.32. The Labute approximate surface area is 151 Å². The van der Waals surface area contributed by atoms with Crippen molar-refractivity contribution in [2.75, 3.05) is 49.1 Å². The second-order valence-corrected chi connectivity index (χ2v) is 7.98. The van der Waals surface area contributed by atoms with Crippen molar-refractivity contribution in [1.82, 2.24) is 20.6 Å². The van der Waals surface area contributed by atoms with E-state index in [1.807, 2.05) is 23.2 Å². The first kappa shape index (κ1) is 17.6. The monoisotopic (exact) mass is 366 g/mol. The van der Waals surface area contributed by atoms with Crippen molar-refractivity contribution in [3.8, 4) is 0 Å². The molecule has 2 fully saturated rings. The van der Waals surface area contributed by atoms with Gasteiger partial charge in [0.1, 0.15) is 0 Å². The number of aromatic nitrogens is 2. The van der Waals surface area contributed by atoms with Crippen LogP contribution in [0.4, 0.5) is 10.3 Å². The summed E-state index contributed by atoms with van der Waals surface area (Å²) in [5, 5.41) is 13.2. The van der Waals surface area contributed by atoms with Crippen LogP contribution in [0.2, 0.25) is 0 Å². The van der Waals surface area contributed by atoms with Crippen LogP contribution in [0.15, 0.2) is 23.2 Å². The van der Waals surface area contributed by atoms with Crippen molar-refractivity contribution in [3.63, 3.8) is 0 Å². The zero-order valence-corrected chi connectivity index (χ0v) is 15.9. The van der Waals surface area contributed by atoms with Crippen LogP contribution < -0.4 is 20.4 Å². The first-order chi connectivity index (χ1) is 11.7. The zero-order chi connectivity index (χ0) is 16.8. The third kappa shape index (κ3) is 4.89. The van der Waals surface area contributed by atoms with E-state index in [-0.39, 0.29) is 0 Å². The van der Waals surface area contributed by atoms with Crippen LogP contribution >= 0.6 is 22.7 Å². The van der Waals surface area contributed by atoms with E-state index in [2.05, 4.69) is 44.2 Å². The maximum atomic E-state index is 4.29. The van der Waals surface area contributed by atoms with Crippen molar-refractivity contribution in [2.24, 2.45) is 0 Å². The Kier molecular flexibility index (Phi) is 6.42. The molecule has 0 amide bonds. The molecular formula is C16H26N6S2. The predicted octanol–water partition coefficient (Wildman–Crippen LogP) is 1.88. The molecule has 0 spiro atoms. The SMILES string of the molecule is C[C@@H]1CN(c2nccs2)CCN1.C[C@@H]1CN(c2nccs2)CCN1. The van der Waals surface area contributed by atoms with E-state index in [0.29, 0.717) is 12.1 Å². The fourth-order valence-electron chi connectivity index (χ4n) is 2.96. The van der Waals surface area contributed by atoms with Crippen LogP contribution in [0.1, 0.15) is 13.8 Å². The molecule has 4 rings (SSSR count). The number of piperazine rings is 2. The lowest BCUT2D eigenvalue weighted by Crippen LogP contribution is -2.49. The summed E-state index contributed by atoms with van der Waals surface area (Å²) in [6.07, 6.45) is 3.74. The molecule has 2 aromatic rings. The molecule has 132 valence electrons. The Morgan fingerprint density at radius 3 is 1.67 bits per heavy atom. The van der Waals surface area contributed by atoms with Crippen LogP contribution in [0.25, 0.3) is 0 Å². The van der Waals surface area contributed by atoms with Gasteiger partial charge in [0.05, 0.1) is 0 Å². The third-order valence-electron chi connectivity index (χ3n) is 4.12. The zero-order valence-electron chi connectivity index (χ0n) is 14.3. The lowest BCUT2D eigenvalue weighted by Gasteiger charge is -2.31. The van der Waals surface area contributed by atoms with Gasteiger partial charge >= 0.3 is 0 Å². The molecule has 4 heterocycles. The van der Waals surface area contributed by atoms with E-state index < -0.39 is 0 Å². The average Bonchev–Trinajstić information content (AvgIpc) is 3.29. The van der Waals surface area contributed by atoms with Crippen LogP contribution in [0.5, 0.6) is 0 Å². The number of thiazole rings is 2. The minimum Gasteiger partial charge on any atom is -0.345 e. The first-order valence-corrected chi connectivity index (χ1v) is 10.2. The summed E-state index contributed by atoms with van der Waals surface area (Å²) >= 11 is 3.44. The van der Waals surface area contributed by atoms with E-state index in [4.69, 9.17) is 0 Å². The quantitative estimate of drug-likeness (QED) is 0.846. The lowest BCUT2D eigenvalue weighted by molar-refractivity contribution is 0.484. The molecule has 0 aromatic carbocycles. The third-order valence-corrected chi connectivity index (χ3v) is 5.78. The summed E-state index contributed by atoms with van der Waals surface area (Å²) in [7, 11) is 0. The van der Waals surface area contributed by atoms with E-state index in [0.717, 1.165) is 49.5 Å². The minimum absolute atomic E-state index is 0.586. The lowest BCUT2D eigenvalue weighted by atomic mass is 10.2. The number of rotatable bonds is 2. The van der Waals surface area contributed by atoms with Crippen molar-refractivity contribution in [1.29, 1.82) is 0 Å². The summed E-state index contributed by atoms with van der Waals surface area (Å²) in [4.78, 5) is 13.3. The number of anilines is 2. The molecular weight excluding hydrogens is 340 g/mol. The van der Waals surface area contributed by atoms with Gasteiger partial charge < -0.3 is 20.4 Å². The van der Waals surface area contributed by atoms with Gasteiger partial charge in [-0.15, -0.1) is 22.7 Å². The maximum absolute atomic E-state index is 4.29. The molecule has 2 saturated heterocycles. The number of hydrogen-bond donors (Lipinski definition) is 2. The molecule has 8 heteroatoms. The second-order valence-electron chi connectivity index (χ2n) is 6.23. The second kappa shape index (κ2) is 8.75. The highest BCUT2D eigenvalue weighted by Gasteiger charge is 2.17. The van der Waals surface area contributed by atoms with Gasteiger partial charge in [-0.1, -0.05) is 0 Å². The molecule has 0 aliphatic carbocycles. The summed E-state index contributed by atoms with van der Waals surface area (Å²) in [5.41, 5.74) is 0. The van der Waals surface area contributed by atoms with Crippen LogP contribution in [0, 0.1) is 0 Å². The fraction of sp³-hybridized carbons (Fsp3) is 0.625. The Morgan fingerprint density at radius 2 is 1.33 bits per heavy atom. The van der Waals surface area contributed by atoms with E-state index in [1.165, 1.54) is 0 Å². The topological polar surface area (TPSA) is 56.3 Å². The highest BCUT2D eigenvalue weighted by molar-refractivity contribution is 7.13. The summed E-state index contributed by atoms with van der Waals surface area (Å²) in [5.74, 6) is 0. The van der Waals surface area contributed by atoms with Gasteiger partial charge in [-0.3, -0.25) is 0 Å². The Hall–Kier alpha value is -1.22. The van der Waals surface area contributed by atoms with Crippen molar-refractivity contribution >= 4 is 32.9 Å². The van der Waals surface area contributed by atoms with Gasteiger partial charge in [-0.05, 0) is 13.8 Å². The molecule has 0 saturated carbocycles. The summed E-state index contributed by atoms with van der Waals surface area (Å²) in [6, 6.07) is 1.17. The average molecular weight is 367 g/mol. The van der Waals surface area contributed by atoms with Crippen molar-refractivity contribution in [2.45, 2.75) is 25.9 Å². The molecule has 2 aromatic heterocycles. The van der Waals surface area contributed by atoms with Gasteiger partial charge in [-0.2, -0.15) is 0 Å². The molecule has 2 aliphatic rings. The molecule has 2 atom stereocenters. The molecule has 0 radical (unpaired) electrons. The van der Waals surface area contributed by atoms with Crippen molar-refractivity contribution in [3.05, 3.63) is 23.2 Å². The largest absolute Gasteiger partial charge is 0.345 e. The highest BCUT2D eigenvalue weighted by atomic mass is 32.1. The van der Waals surface area contributed by atoms with Gasteiger partial charge in [0.15, 0.2) is 10.3 Å². The predicted molar refractivity (Wildman–Crippen MR) is 104 cm³/mol. The van der Waals surface area contributed by atoms with Crippen molar-refractivity contribution < 1.29 is 0 Å². The Bertz CT molecular complexity index is 521. The van der Waals surface area contributed by atoms with Gasteiger partial charge in [0.25, 0.3) is 0 Å². The van der Waals surface area contributed by atoms with Crippen LogP contribution in [-0.2, 0) is 0 Å². The molecule has 6 nitrogen and oxygen atoms in total. The van der Waals surface area contributed by atoms with E-state index in [9.17, 15) is 0 Å². The number of nitrogens with zero attached hydrogens (tertiary/aromatic N) is 4. The maximum Gasteiger partial charge on any atom is 0.185 e. The smallest absolute Gasteiger partial charge is 0.185 e. The Balaban J connectivity index is 0.000000141. The van der Waals surface area contributed by atoms with E-state index in [1.54, 1.807) is 22.7 Å². The van der Waals surface area contributed by atoms with Gasteiger partial charge in [0.2, 0.25) is 0 Å². The van der Waals surface area contributed by atoms with Gasteiger partial charge in [-0.25, -0.2) is 9.97 Å². The summed E-state index contributed by atoms with van der Waals surface area (Å²) < 4.78 is 0. The Morgan fingerprint density at radius 1 is 0.875 bits per heavy atom. The highest BCUT2D eigenvalue weighted by Crippen LogP contribution is 2.19. The van der Waals surface area contributed by atoms with Gasteiger partial charge in [0, 0.05) is 74.5 Å². The first-order valence-electron chi connectivity index (χ1n) is 8.48. The molecule has 0 bridgehead atoms. The number of nitrogens with one attached hydrogen (secondary N) is 2. The number of hydrogen-bond acceptors (Lipinski definition) is 8. The normalized spacial score (nSPS) is 24.4.